The molecule has 0 aromatic carbocycles. The first kappa shape index (κ1) is 11.0. The van der Waals surface area contributed by atoms with Gasteiger partial charge in [0.25, 0.3) is 0 Å². The fourth-order valence-electron chi connectivity index (χ4n) is 2.50. The summed E-state index contributed by atoms with van der Waals surface area (Å²) >= 11 is 0. The van der Waals surface area contributed by atoms with Crippen molar-refractivity contribution in [2.75, 3.05) is 0 Å². The van der Waals surface area contributed by atoms with E-state index in [-0.39, 0.29) is 0 Å². The molecule has 1 aliphatic rings. The molecule has 3 atom stereocenters. The first-order chi connectivity index (χ1) is 6.25. The molecular formula is C12H23F. The average molecular weight is 186 g/mol. The van der Waals surface area contributed by atoms with Crippen LogP contribution < -0.4 is 0 Å². The third-order valence-electron chi connectivity index (χ3n) is 3.48. The Bertz CT molecular complexity index is 133. The fraction of sp³-hybridized carbons (Fsp3) is 1.00. The Hall–Kier alpha value is -0.0700. The monoisotopic (exact) mass is 186 g/mol. The number of hydrogen-bond acceptors (Lipinski definition) is 0. The molecule has 0 radical (unpaired) electrons. The van der Waals surface area contributed by atoms with Gasteiger partial charge in [0.1, 0.15) is 6.17 Å². The first-order valence-corrected chi connectivity index (χ1v) is 5.89. The van der Waals surface area contributed by atoms with E-state index >= 15 is 0 Å². The molecule has 1 saturated carbocycles. The van der Waals surface area contributed by atoms with Crippen LogP contribution in [0, 0.1) is 11.8 Å². The van der Waals surface area contributed by atoms with Crippen molar-refractivity contribution in [3.8, 4) is 0 Å². The van der Waals surface area contributed by atoms with E-state index in [1.54, 1.807) is 0 Å². The lowest BCUT2D eigenvalue weighted by atomic mass is 9.77. The second-order valence-electron chi connectivity index (χ2n) is 4.58. The Morgan fingerprint density at radius 3 is 2.62 bits per heavy atom. The molecule has 1 fully saturated rings. The normalized spacial score (nSPS) is 31.6. The molecule has 1 heteroatoms. The number of hydrogen-bond donors (Lipinski definition) is 0. The second-order valence-corrected chi connectivity index (χ2v) is 4.58. The number of rotatable bonds is 4. The summed E-state index contributed by atoms with van der Waals surface area (Å²) in [4.78, 5) is 0. The molecule has 0 spiro atoms. The molecule has 0 nitrogen and oxygen atoms in total. The predicted octanol–water partition coefficient (Wildman–Crippen LogP) is 4.34. The summed E-state index contributed by atoms with van der Waals surface area (Å²) in [5.74, 6) is 1.00. The summed E-state index contributed by atoms with van der Waals surface area (Å²) in [6.45, 7) is 4.36. The Morgan fingerprint density at radius 1 is 1.31 bits per heavy atom. The largest absolute Gasteiger partial charge is 0.247 e. The SMILES string of the molecule is CCCCC(F)[C@@H]1CCCCC1C. The van der Waals surface area contributed by atoms with Gasteiger partial charge < -0.3 is 0 Å². The summed E-state index contributed by atoms with van der Waals surface area (Å²) in [6, 6.07) is 0. The maximum absolute atomic E-state index is 13.7. The molecule has 0 aromatic rings. The van der Waals surface area contributed by atoms with E-state index in [9.17, 15) is 4.39 Å². The van der Waals surface area contributed by atoms with Crippen molar-refractivity contribution in [3.05, 3.63) is 0 Å². The van der Waals surface area contributed by atoms with E-state index in [0.717, 1.165) is 25.7 Å². The quantitative estimate of drug-likeness (QED) is 0.612. The molecule has 13 heavy (non-hydrogen) atoms. The Morgan fingerprint density at radius 2 is 2.00 bits per heavy atom. The van der Waals surface area contributed by atoms with Gasteiger partial charge in [-0.25, -0.2) is 4.39 Å². The summed E-state index contributed by atoms with van der Waals surface area (Å²) in [5, 5.41) is 0. The van der Waals surface area contributed by atoms with Gasteiger partial charge in [0.15, 0.2) is 0 Å². The smallest absolute Gasteiger partial charge is 0.103 e. The van der Waals surface area contributed by atoms with E-state index in [0.29, 0.717) is 11.8 Å². The molecule has 0 bridgehead atoms. The molecule has 0 amide bonds. The van der Waals surface area contributed by atoms with Gasteiger partial charge in [0.05, 0.1) is 0 Å². The van der Waals surface area contributed by atoms with Crippen LogP contribution in [0.1, 0.15) is 58.8 Å². The molecule has 0 aromatic heterocycles. The molecule has 0 heterocycles. The van der Waals surface area contributed by atoms with Crippen LogP contribution in [0.25, 0.3) is 0 Å². The molecule has 0 N–H and O–H groups in total. The van der Waals surface area contributed by atoms with Crippen LogP contribution in [0.2, 0.25) is 0 Å². The molecule has 78 valence electrons. The van der Waals surface area contributed by atoms with Crippen molar-refractivity contribution < 1.29 is 4.39 Å². The van der Waals surface area contributed by atoms with E-state index in [2.05, 4.69) is 13.8 Å². The molecule has 0 aliphatic heterocycles. The van der Waals surface area contributed by atoms with Gasteiger partial charge in [-0.1, -0.05) is 46.0 Å². The Kier molecular flexibility index (Phi) is 4.76. The minimum absolute atomic E-state index is 0.375. The van der Waals surface area contributed by atoms with Crippen molar-refractivity contribution in [1.82, 2.24) is 0 Å². The van der Waals surface area contributed by atoms with Crippen molar-refractivity contribution in [2.45, 2.75) is 65.0 Å². The minimum Gasteiger partial charge on any atom is -0.247 e. The number of alkyl halides is 1. The van der Waals surface area contributed by atoms with E-state index in [1.165, 1.54) is 19.3 Å². The summed E-state index contributed by atoms with van der Waals surface area (Å²) in [6.07, 6.45) is 7.41. The van der Waals surface area contributed by atoms with Gasteiger partial charge in [-0.05, 0) is 24.7 Å². The highest BCUT2D eigenvalue weighted by molar-refractivity contribution is 4.78. The maximum Gasteiger partial charge on any atom is 0.103 e. The highest BCUT2D eigenvalue weighted by Gasteiger charge is 2.28. The number of unbranched alkanes of at least 4 members (excludes halogenated alkanes) is 1. The third-order valence-corrected chi connectivity index (χ3v) is 3.48. The third kappa shape index (κ3) is 3.28. The average Bonchev–Trinajstić information content (AvgIpc) is 2.15. The van der Waals surface area contributed by atoms with E-state index in [4.69, 9.17) is 0 Å². The van der Waals surface area contributed by atoms with Gasteiger partial charge in [-0.15, -0.1) is 0 Å². The van der Waals surface area contributed by atoms with Crippen LogP contribution in [-0.4, -0.2) is 6.17 Å². The standard InChI is InChI=1S/C12H23F/c1-3-4-9-12(13)11-8-6-5-7-10(11)2/h10-12H,3-9H2,1-2H3/t10?,11-,12?/m1/s1. The van der Waals surface area contributed by atoms with Crippen LogP contribution in [-0.2, 0) is 0 Å². The lowest BCUT2D eigenvalue weighted by Gasteiger charge is -2.31. The highest BCUT2D eigenvalue weighted by Crippen LogP contribution is 2.34. The van der Waals surface area contributed by atoms with Crippen molar-refractivity contribution in [3.63, 3.8) is 0 Å². The minimum atomic E-state index is -0.518. The van der Waals surface area contributed by atoms with Gasteiger partial charge in [0, 0.05) is 0 Å². The van der Waals surface area contributed by atoms with E-state index < -0.39 is 6.17 Å². The molecule has 2 unspecified atom stereocenters. The summed E-state index contributed by atoms with van der Waals surface area (Å²) in [7, 11) is 0. The van der Waals surface area contributed by atoms with Crippen LogP contribution in [0.5, 0.6) is 0 Å². The van der Waals surface area contributed by atoms with Crippen LogP contribution in [0.15, 0.2) is 0 Å². The van der Waals surface area contributed by atoms with Crippen molar-refractivity contribution in [1.29, 1.82) is 0 Å². The van der Waals surface area contributed by atoms with E-state index in [1.807, 2.05) is 0 Å². The van der Waals surface area contributed by atoms with Gasteiger partial charge in [-0.2, -0.15) is 0 Å². The summed E-state index contributed by atoms with van der Waals surface area (Å²) < 4.78 is 13.7. The van der Waals surface area contributed by atoms with Crippen LogP contribution in [0.3, 0.4) is 0 Å². The zero-order chi connectivity index (χ0) is 9.68. The molecule has 0 saturated heterocycles. The van der Waals surface area contributed by atoms with Gasteiger partial charge in [-0.3, -0.25) is 0 Å². The zero-order valence-electron chi connectivity index (χ0n) is 9.06. The Labute approximate surface area is 81.9 Å². The molecule has 1 aliphatic carbocycles. The molecular weight excluding hydrogens is 163 g/mol. The second kappa shape index (κ2) is 5.62. The van der Waals surface area contributed by atoms with Gasteiger partial charge in [0.2, 0.25) is 0 Å². The first-order valence-electron chi connectivity index (χ1n) is 5.89. The topological polar surface area (TPSA) is 0 Å². The zero-order valence-corrected chi connectivity index (χ0v) is 9.06. The summed E-state index contributed by atoms with van der Waals surface area (Å²) in [5.41, 5.74) is 0. The lowest BCUT2D eigenvalue weighted by Crippen LogP contribution is -2.26. The lowest BCUT2D eigenvalue weighted by molar-refractivity contribution is 0.120. The highest BCUT2D eigenvalue weighted by atomic mass is 19.1. The molecule has 1 rings (SSSR count). The van der Waals surface area contributed by atoms with Crippen molar-refractivity contribution >= 4 is 0 Å². The van der Waals surface area contributed by atoms with Crippen LogP contribution >= 0.6 is 0 Å². The fourth-order valence-corrected chi connectivity index (χ4v) is 2.50. The number of halogens is 1. The van der Waals surface area contributed by atoms with Gasteiger partial charge >= 0.3 is 0 Å². The van der Waals surface area contributed by atoms with Crippen LogP contribution in [0.4, 0.5) is 4.39 Å². The predicted molar refractivity (Wildman–Crippen MR) is 55.5 cm³/mol. The van der Waals surface area contributed by atoms with Crippen molar-refractivity contribution in [2.24, 2.45) is 11.8 Å². The maximum atomic E-state index is 13.7. The Balaban J connectivity index is 2.30.